The van der Waals surface area contributed by atoms with E-state index in [2.05, 4.69) is 5.32 Å². The van der Waals surface area contributed by atoms with Crippen LogP contribution in [0.15, 0.2) is 23.1 Å². The Hall–Kier alpha value is -1.15. The maximum atomic E-state index is 12.4. The topological polar surface area (TPSA) is 86.7 Å². The van der Waals surface area contributed by atoms with Crippen molar-refractivity contribution < 1.29 is 18.3 Å². The molecule has 0 heterocycles. The lowest BCUT2D eigenvalue weighted by Crippen LogP contribution is -2.33. The number of sulfonamides is 1. The van der Waals surface area contributed by atoms with Crippen molar-refractivity contribution in [2.24, 2.45) is 0 Å². The van der Waals surface area contributed by atoms with E-state index in [1.54, 1.807) is 13.8 Å². The van der Waals surface area contributed by atoms with Gasteiger partial charge in [-0.3, -0.25) is 4.79 Å². The van der Waals surface area contributed by atoms with Gasteiger partial charge in [-0.05, 0) is 38.5 Å². The highest BCUT2D eigenvalue weighted by Crippen LogP contribution is 2.23. The number of aliphatic hydroxyl groups excluding tert-OH is 1. The Balaban J connectivity index is 3.12. The third kappa shape index (κ3) is 4.42. The first kappa shape index (κ1) is 18.9. The summed E-state index contributed by atoms with van der Waals surface area (Å²) in [6.45, 7) is 3.77. The Morgan fingerprint density at radius 1 is 1.41 bits per heavy atom. The second-order valence-electron chi connectivity index (χ2n) is 5.09. The molecule has 2 N–H and O–H groups in total. The molecule has 0 saturated heterocycles. The number of carbonyl (C=O) groups excluding carboxylic acids is 1. The largest absolute Gasteiger partial charge is 0.396 e. The summed E-state index contributed by atoms with van der Waals surface area (Å²) in [6, 6.07) is 3.83. The predicted molar refractivity (Wildman–Crippen MR) is 85.6 cm³/mol. The van der Waals surface area contributed by atoms with Gasteiger partial charge >= 0.3 is 0 Å². The van der Waals surface area contributed by atoms with Crippen molar-refractivity contribution >= 4 is 27.5 Å². The van der Waals surface area contributed by atoms with Crippen LogP contribution in [0.2, 0.25) is 5.02 Å². The molecule has 0 atom stereocenters. The van der Waals surface area contributed by atoms with E-state index in [1.807, 2.05) is 0 Å². The number of hydrogen-bond acceptors (Lipinski definition) is 4. The number of carbonyl (C=O) groups is 1. The van der Waals surface area contributed by atoms with Crippen LogP contribution in [0.5, 0.6) is 0 Å². The number of benzene rings is 1. The first-order valence-corrected chi connectivity index (χ1v) is 8.70. The molecular formula is C14H21ClN2O4S. The van der Waals surface area contributed by atoms with Crippen molar-refractivity contribution in [1.29, 1.82) is 0 Å². The van der Waals surface area contributed by atoms with Crippen molar-refractivity contribution in [3.05, 3.63) is 28.8 Å². The minimum atomic E-state index is -3.68. The zero-order valence-corrected chi connectivity index (χ0v) is 14.4. The number of hydrogen-bond donors (Lipinski definition) is 2. The average molecular weight is 349 g/mol. The highest BCUT2D eigenvalue weighted by molar-refractivity contribution is 7.89. The predicted octanol–water partition coefficient (Wildman–Crippen LogP) is 1.48. The van der Waals surface area contributed by atoms with E-state index < -0.39 is 15.9 Å². The summed E-state index contributed by atoms with van der Waals surface area (Å²) >= 11 is 5.98. The Morgan fingerprint density at radius 2 is 2.05 bits per heavy atom. The third-order valence-corrected chi connectivity index (χ3v) is 5.57. The fourth-order valence-corrected chi connectivity index (χ4v) is 3.26. The van der Waals surface area contributed by atoms with Crippen LogP contribution in [0, 0.1) is 0 Å². The van der Waals surface area contributed by atoms with Crippen LogP contribution in [-0.2, 0) is 10.0 Å². The molecular weight excluding hydrogens is 328 g/mol. The lowest BCUT2D eigenvalue weighted by atomic mass is 10.2. The van der Waals surface area contributed by atoms with Gasteiger partial charge in [0.15, 0.2) is 0 Å². The van der Waals surface area contributed by atoms with Gasteiger partial charge < -0.3 is 10.4 Å². The van der Waals surface area contributed by atoms with Crippen LogP contribution in [0.25, 0.3) is 0 Å². The molecule has 1 aromatic rings. The molecule has 6 nitrogen and oxygen atoms in total. The zero-order valence-electron chi connectivity index (χ0n) is 12.8. The smallest absolute Gasteiger partial charge is 0.252 e. The number of halogens is 1. The zero-order chi connectivity index (χ0) is 16.9. The molecule has 0 aromatic heterocycles. The fraction of sp³-hybridized carbons (Fsp3) is 0.500. The molecule has 0 unspecified atom stereocenters. The van der Waals surface area contributed by atoms with Crippen LogP contribution >= 0.6 is 11.6 Å². The van der Waals surface area contributed by atoms with E-state index in [-0.39, 0.29) is 34.7 Å². The molecule has 124 valence electrons. The Kier molecular flexibility index (Phi) is 6.80. The molecule has 0 aliphatic heterocycles. The third-order valence-electron chi connectivity index (χ3n) is 3.21. The van der Waals surface area contributed by atoms with E-state index in [0.29, 0.717) is 6.42 Å². The molecule has 1 aromatic carbocycles. The van der Waals surface area contributed by atoms with Gasteiger partial charge in [-0.15, -0.1) is 0 Å². The van der Waals surface area contributed by atoms with Crippen LogP contribution < -0.4 is 5.32 Å². The van der Waals surface area contributed by atoms with Gasteiger partial charge in [-0.25, -0.2) is 8.42 Å². The second kappa shape index (κ2) is 7.92. The summed E-state index contributed by atoms with van der Waals surface area (Å²) < 4.78 is 26.1. The highest BCUT2D eigenvalue weighted by atomic mass is 35.5. The van der Waals surface area contributed by atoms with E-state index >= 15 is 0 Å². The fourth-order valence-electron chi connectivity index (χ4n) is 1.66. The number of amides is 1. The molecule has 0 saturated carbocycles. The summed E-state index contributed by atoms with van der Waals surface area (Å²) in [6.07, 6.45) is 0.414. The Morgan fingerprint density at radius 3 is 2.59 bits per heavy atom. The molecule has 0 fully saturated rings. The first-order chi connectivity index (χ1) is 10.2. The van der Waals surface area contributed by atoms with E-state index in [4.69, 9.17) is 16.7 Å². The van der Waals surface area contributed by atoms with E-state index in [1.165, 1.54) is 29.6 Å². The summed E-state index contributed by atoms with van der Waals surface area (Å²) in [4.78, 5) is 12.1. The van der Waals surface area contributed by atoms with Gasteiger partial charge in [-0.1, -0.05) is 11.6 Å². The minimum absolute atomic E-state index is 0.0143. The van der Waals surface area contributed by atoms with Gasteiger partial charge in [0.25, 0.3) is 5.91 Å². The van der Waals surface area contributed by atoms with Crippen LogP contribution in [-0.4, -0.2) is 50.0 Å². The Bertz CT molecular complexity index is 632. The van der Waals surface area contributed by atoms with Crippen molar-refractivity contribution in [1.82, 2.24) is 9.62 Å². The number of aliphatic hydroxyl groups is 1. The molecule has 0 aliphatic rings. The standard InChI is InChI=1S/C14H21ClN2O4S/c1-10(2)17(3)22(20,21)11-5-6-13(15)12(9-11)14(19)16-7-4-8-18/h5-6,9-10,18H,4,7-8H2,1-3H3,(H,16,19). The lowest BCUT2D eigenvalue weighted by molar-refractivity contribution is 0.0951. The van der Waals surface area contributed by atoms with Gasteiger partial charge in [0.2, 0.25) is 10.0 Å². The molecule has 1 amide bonds. The quantitative estimate of drug-likeness (QED) is 0.731. The van der Waals surface area contributed by atoms with E-state index in [0.717, 1.165) is 0 Å². The van der Waals surface area contributed by atoms with Gasteiger partial charge in [0, 0.05) is 26.2 Å². The SMILES string of the molecule is CC(C)N(C)S(=O)(=O)c1ccc(Cl)c(C(=O)NCCCO)c1. The second-order valence-corrected chi connectivity index (χ2v) is 7.49. The Labute approximate surface area is 136 Å². The molecule has 0 bridgehead atoms. The number of nitrogens with zero attached hydrogens (tertiary/aromatic N) is 1. The molecule has 1 rings (SSSR count). The van der Waals surface area contributed by atoms with Crippen LogP contribution in [0.3, 0.4) is 0 Å². The molecule has 22 heavy (non-hydrogen) atoms. The summed E-state index contributed by atoms with van der Waals surface area (Å²) in [5, 5.41) is 11.5. The summed E-state index contributed by atoms with van der Waals surface area (Å²) in [5.41, 5.74) is 0.0952. The first-order valence-electron chi connectivity index (χ1n) is 6.88. The normalized spacial score (nSPS) is 12.0. The summed E-state index contributed by atoms with van der Waals surface area (Å²) in [5.74, 6) is -0.470. The van der Waals surface area contributed by atoms with Crippen molar-refractivity contribution in [3.8, 4) is 0 Å². The lowest BCUT2D eigenvalue weighted by Gasteiger charge is -2.21. The maximum absolute atomic E-state index is 12.4. The molecule has 0 radical (unpaired) electrons. The van der Waals surface area contributed by atoms with E-state index in [9.17, 15) is 13.2 Å². The summed E-state index contributed by atoms with van der Waals surface area (Å²) in [7, 11) is -2.20. The van der Waals surface area contributed by atoms with Crippen LogP contribution in [0.4, 0.5) is 0 Å². The maximum Gasteiger partial charge on any atom is 0.252 e. The highest BCUT2D eigenvalue weighted by Gasteiger charge is 2.24. The van der Waals surface area contributed by atoms with Gasteiger partial charge in [0.1, 0.15) is 0 Å². The van der Waals surface area contributed by atoms with Crippen molar-refractivity contribution in [2.45, 2.75) is 31.2 Å². The number of rotatable bonds is 7. The van der Waals surface area contributed by atoms with Crippen molar-refractivity contribution in [2.75, 3.05) is 20.2 Å². The molecule has 0 spiro atoms. The monoisotopic (exact) mass is 348 g/mol. The van der Waals surface area contributed by atoms with Crippen molar-refractivity contribution in [3.63, 3.8) is 0 Å². The molecule has 8 heteroatoms. The number of nitrogens with one attached hydrogen (secondary N) is 1. The molecule has 0 aliphatic carbocycles. The van der Waals surface area contributed by atoms with Gasteiger partial charge in [-0.2, -0.15) is 4.31 Å². The average Bonchev–Trinajstić information content (AvgIpc) is 2.46. The van der Waals surface area contributed by atoms with Crippen LogP contribution in [0.1, 0.15) is 30.6 Å². The van der Waals surface area contributed by atoms with Gasteiger partial charge in [0.05, 0.1) is 15.5 Å². The minimum Gasteiger partial charge on any atom is -0.396 e.